The standard InChI is InChI=1S/C26H24Cl2N6O/c27-21-2-1-3-22(28)23(21)24-20(25(35-31-24)17-5-6-17)11-4-16-12-14-34(15-13-16)19-9-7-18(8-10-19)26-29-32-33-30-26/h1-4,7-11,16-17H,5-6,12-15H2,(H,29,30,32,33)/b11-4+. The molecule has 3 heterocycles. The van der Waals surface area contributed by atoms with Crippen molar-refractivity contribution in [3.05, 3.63) is 69.9 Å². The summed E-state index contributed by atoms with van der Waals surface area (Å²) in [5, 5.41) is 19.8. The Hall–Kier alpha value is -3.16. The molecule has 2 aromatic carbocycles. The summed E-state index contributed by atoms with van der Waals surface area (Å²) in [6.45, 7) is 2.00. The van der Waals surface area contributed by atoms with E-state index in [1.165, 1.54) is 5.69 Å². The van der Waals surface area contributed by atoms with Crippen molar-refractivity contribution in [3.8, 4) is 22.6 Å². The Morgan fingerprint density at radius 3 is 2.37 bits per heavy atom. The largest absolute Gasteiger partial charge is 0.371 e. The van der Waals surface area contributed by atoms with Gasteiger partial charge in [0.1, 0.15) is 11.5 Å². The number of aromatic nitrogens is 5. The van der Waals surface area contributed by atoms with E-state index in [4.69, 9.17) is 27.7 Å². The lowest BCUT2D eigenvalue weighted by molar-refractivity contribution is 0.386. The number of aromatic amines is 1. The third-order valence-electron chi connectivity index (χ3n) is 6.81. The number of rotatable bonds is 6. The van der Waals surface area contributed by atoms with Gasteiger partial charge in [0.2, 0.25) is 5.82 Å². The Morgan fingerprint density at radius 1 is 0.971 bits per heavy atom. The number of allylic oxidation sites excluding steroid dienone is 1. The van der Waals surface area contributed by atoms with Crippen molar-refractivity contribution in [3.63, 3.8) is 0 Å². The number of halogens is 2. The summed E-state index contributed by atoms with van der Waals surface area (Å²) in [7, 11) is 0. The number of hydrogen-bond donors (Lipinski definition) is 1. The van der Waals surface area contributed by atoms with Gasteiger partial charge in [-0.05, 0) is 73.2 Å². The Balaban J connectivity index is 1.17. The highest BCUT2D eigenvalue weighted by molar-refractivity contribution is 6.39. The van der Waals surface area contributed by atoms with Gasteiger partial charge in [-0.25, -0.2) is 0 Å². The fourth-order valence-corrected chi connectivity index (χ4v) is 5.28. The van der Waals surface area contributed by atoms with Crippen molar-refractivity contribution in [1.29, 1.82) is 0 Å². The molecule has 0 spiro atoms. The summed E-state index contributed by atoms with van der Waals surface area (Å²) in [6.07, 6.45) is 8.92. The van der Waals surface area contributed by atoms with E-state index in [9.17, 15) is 0 Å². The van der Waals surface area contributed by atoms with Crippen molar-refractivity contribution in [2.24, 2.45) is 5.92 Å². The lowest BCUT2D eigenvalue weighted by Crippen LogP contribution is -2.32. The van der Waals surface area contributed by atoms with Gasteiger partial charge in [0, 0.05) is 41.4 Å². The fourth-order valence-electron chi connectivity index (χ4n) is 4.70. The molecule has 0 amide bonds. The highest BCUT2D eigenvalue weighted by Gasteiger charge is 2.32. The highest BCUT2D eigenvalue weighted by atomic mass is 35.5. The van der Waals surface area contributed by atoms with Crippen LogP contribution in [0.15, 0.2) is 53.1 Å². The quantitative estimate of drug-likeness (QED) is 0.315. The fraction of sp³-hybridized carbons (Fsp3) is 0.308. The average molecular weight is 507 g/mol. The topological polar surface area (TPSA) is 83.7 Å². The SMILES string of the molecule is Clc1cccc(Cl)c1-c1noc(C2CC2)c1/C=C/C1CCN(c2ccc(-c3nn[nH]n3)cc2)CC1. The molecule has 9 heteroatoms. The van der Waals surface area contributed by atoms with Gasteiger partial charge in [0.25, 0.3) is 0 Å². The molecule has 178 valence electrons. The molecular weight excluding hydrogens is 483 g/mol. The van der Waals surface area contributed by atoms with E-state index in [-0.39, 0.29) is 0 Å². The van der Waals surface area contributed by atoms with E-state index >= 15 is 0 Å². The van der Waals surface area contributed by atoms with E-state index in [1.54, 1.807) is 0 Å². The van der Waals surface area contributed by atoms with Gasteiger partial charge in [0.15, 0.2) is 0 Å². The van der Waals surface area contributed by atoms with Gasteiger partial charge in [-0.3, -0.25) is 0 Å². The molecule has 1 aliphatic heterocycles. The van der Waals surface area contributed by atoms with Crippen LogP contribution in [0.25, 0.3) is 28.7 Å². The van der Waals surface area contributed by atoms with Crippen LogP contribution < -0.4 is 4.90 Å². The molecule has 1 saturated heterocycles. The van der Waals surface area contributed by atoms with Crippen LogP contribution in [0.1, 0.15) is 42.9 Å². The molecule has 2 aliphatic rings. The van der Waals surface area contributed by atoms with E-state index in [2.05, 4.69) is 55.0 Å². The second kappa shape index (κ2) is 9.47. The first kappa shape index (κ1) is 22.3. The van der Waals surface area contributed by atoms with Crippen molar-refractivity contribution in [1.82, 2.24) is 25.8 Å². The van der Waals surface area contributed by atoms with Gasteiger partial charge < -0.3 is 9.42 Å². The third-order valence-corrected chi connectivity index (χ3v) is 7.44. The molecule has 1 N–H and O–H groups in total. The molecule has 0 bridgehead atoms. The molecule has 4 aromatic rings. The molecule has 6 rings (SSSR count). The molecule has 0 radical (unpaired) electrons. The van der Waals surface area contributed by atoms with Crippen LogP contribution in [0.5, 0.6) is 0 Å². The maximum absolute atomic E-state index is 6.49. The zero-order valence-electron chi connectivity index (χ0n) is 19.0. The van der Waals surface area contributed by atoms with Crippen LogP contribution in [0.3, 0.4) is 0 Å². The van der Waals surface area contributed by atoms with E-state index in [0.717, 1.165) is 66.9 Å². The molecule has 35 heavy (non-hydrogen) atoms. The summed E-state index contributed by atoms with van der Waals surface area (Å²) < 4.78 is 5.79. The smallest absolute Gasteiger partial charge is 0.204 e. The van der Waals surface area contributed by atoms with Gasteiger partial charge in [0.05, 0.1) is 10.0 Å². The minimum atomic E-state index is 0.439. The lowest BCUT2D eigenvalue weighted by atomic mass is 9.94. The van der Waals surface area contributed by atoms with Gasteiger partial charge >= 0.3 is 0 Å². The number of benzene rings is 2. The number of H-pyrrole nitrogens is 1. The van der Waals surface area contributed by atoms with Crippen LogP contribution in [0.4, 0.5) is 5.69 Å². The zero-order valence-corrected chi connectivity index (χ0v) is 20.5. The first-order valence-electron chi connectivity index (χ1n) is 11.9. The Bertz CT molecular complexity index is 1320. The molecule has 1 saturated carbocycles. The van der Waals surface area contributed by atoms with E-state index in [0.29, 0.717) is 27.7 Å². The van der Waals surface area contributed by atoms with Crippen LogP contribution >= 0.6 is 23.2 Å². The molecule has 1 aliphatic carbocycles. The predicted octanol–water partition coefficient (Wildman–Crippen LogP) is 6.64. The normalized spacial score (nSPS) is 16.9. The predicted molar refractivity (Wildman–Crippen MR) is 138 cm³/mol. The molecule has 0 atom stereocenters. The summed E-state index contributed by atoms with van der Waals surface area (Å²) in [4.78, 5) is 2.42. The number of nitrogens with one attached hydrogen (secondary N) is 1. The molecular formula is C26H24Cl2N6O. The van der Waals surface area contributed by atoms with Crippen LogP contribution in [0, 0.1) is 5.92 Å². The maximum Gasteiger partial charge on any atom is 0.204 e. The van der Waals surface area contributed by atoms with Crippen LogP contribution in [0.2, 0.25) is 10.0 Å². The number of anilines is 1. The van der Waals surface area contributed by atoms with Gasteiger partial charge in [-0.15, -0.1) is 10.2 Å². The number of hydrogen-bond acceptors (Lipinski definition) is 6. The average Bonchev–Trinajstić information content (AvgIpc) is 3.41. The summed E-state index contributed by atoms with van der Waals surface area (Å²) in [5.74, 6) is 2.49. The van der Waals surface area contributed by atoms with Gasteiger partial charge in [-0.1, -0.05) is 46.6 Å². The Morgan fingerprint density at radius 2 is 1.71 bits per heavy atom. The molecule has 0 unspecified atom stereocenters. The molecule has 2 aromatic heterocycles. The molecule has 7 nitrogen and oxygen atoms in total. The lowest BCUT2D eigenvalue weighted by Gasteiger charge is -2.32. The molecule has 2 fully saturated rings. The number of piperidine rings is 1. The minimum absolute atomic E-state index is 0.439. The first-order chi connectivity index (χ1) is 17.2. The Kier molecular flexibility index (Phi) is 6.04. The number of nitrogens with zero attached hydrogens (tertiary/aromatic N) is 5. The Labute approximate surface area is 213 Å². The van der Waals surface area contributed by atoms with Crippen LogP contribution in [-0.2, 0) is 0 Å². The van der Waals surface area contributed by atoms with Gasteiger partial charge in [-0.2, -0.15) is 5.21 Å². The second-order valence-corrected chi connectivity index (χ2v) is 9.96. The highest BCUT2D eigenvalue weighted by Crippen LogP contribution is 2.46. The van der Waals surface area contributed by atoms with E-state index < -0.39 is 0 Å². The summed E-state index contributed by atoms with van der Waals surface area (Å²) >= 11 is 13.0. The minimum Gasteiger partial charge on any atom is -0.371 e. The number of tetrazole rings is 1. The summed E-state index contributed by atoms with van der Waals surface area (Å²) in [5.41, 5.74) is 4.66. The van der Waals surface area contributed by atoms with Crippen molar-refractivity contribution in [2.75, 3.05) is 18.0 Å². The second-order valence-electron chi connectivity index (χ2n) is 9.15. The van der Waals surface area contributed by atoms with Crippen molar-refractivity contribution < 1.29 is 4.52 Å². The van der Waals surface area contributed by atoms with Crippen molar-refractivity contribution in [2.45, 2.75) is 31.6 Å². The van der Waals surface area contributed by atoms with Crippen molar-refractivity contribution >= 4 is 35.0 Å². The third kappa shape index (κ3) is 4.58. The zero-order chi connectivity index (χ0) is 23.8. The monoisotopic (exact) mass is 506 g/mol. The first-order valence-corrected chi connectivity index (χ1v) is 12.6. The maximum atomic E-state index is 6.49. The van der Waals surface area contributed by atoms with Crippen LogP contribution in [-0.4, -0.2) is 38.9 Å². The van der Waals surface area contributed by atoms with E-state index in [1.807, 2.05) is 30.3 Å². The summed E-state index contributed by atoms with van der Waals surface area (Å²) in [6, 6.07) is 13.9.